The summed E-state index contributed by atoms with van der Waals surface area (Å²) in [5.74, 6) is -0.816. The maximum Gasteiger partial charge on any atom is 0.312 e. The summed E-state index contributed by atoms with van der Waals surface area (Å²) in [6.07, 6.45) is -0.251. The van der Waals surface area contributed by atoms with Crippen LogP contribution in [0.4, 0.5) is 0 Å². The number of aliphatic carboxylic acids is 1. The largest absolute Gasteiger partial charge is 0.492 e. The van der Waals surface area contributed by atoms with Crippen LogP contribution in [0.3, 0.4) is 0 Å². The Morgan fingerprint density at radius 2 is 1.52 bits per heavy atom. The standard InChI is InChI=1S/C20H22N2O5/c23-18(21-9-11-22(12-10-21)19(24)14-20(25)26)8-13-27-17-7-3-5-15-4-1-2-6-16(15)17/h1-7H,8-14H2,(H,25,26). The predicted octanol–water partition coefficient (Wildman–Crippen LogP) is 1.75. The van der Waals surface area contributed by atoms with E-state index in [1.807, 2.05) is 42.5 Å². The number of benzene rings is 2. The fraction of sp³-hybridized carbons (Fsp3) is 0.350. The van der Waals surface area contributed by atoms with Crippen molar-refractivity contribution in [2.75, 3.05) is 32.8 Å². The number of piperazine rings is 1. The van der Waals surface area contributed by atoms with Gasteiger partial charge in [-0.15, -0.1) is 0 Å². The molecule has 2 aromatic carbocycles. The summed E-state index contributed by atoms with van der Waals surface area (Å²) in [5.41, 5.74) is 0. The van der Waals surface area contributed by atoms with Crippen LogP contribution < -0.4 is 4.74 Å². The summed E-state index contributed by atoms with van der Waals surface area (Å²) in [6, 6.07) is 13.7. The molecule has 0 saturated carbocycles. The van der Waals surface area contributed by atoms with Gasteiger partial charge in [-0.25, -0.2) is 0 Å². The number of amides is 2. The van der Waals surface area contributed by atoms with Crippen molar-refractivity contribution in [3.05, 3.63) is 42.5 Å². The average Bonchev–Trinajstić information content (AvgIpc) is 2.67. The fourth-order valence-electron chi connectivity index (χ4n) is 3.17. The first-order chi connectivity index (χ1) is 13.0. The van der Waals surface area contributed by atoms with E-state index in [0.29, 0.717) is 26.2 Å². The third-order valence-electron chi connectivity index (χ3n) is 4.61. The van der Waals surface area contributed by atoms with Gasteiger partial charge in [0.05, 0.1) is 13.0 Å². The zero-order valence-electron chi connectivity index (χ0n) is 15.0. The first kappa shape index (κ1) is 18.7. The van der Waals surface area contributed by atoms with Crippen molar-refractivity contribution in [1.29, 1.82) is 0 Å². The molecular formula is C20H22N2O5. The molecule has 7 heteroatoms. The Kier molecular flexibility index (Phi) is 5.90. The van der Waals surface area contributed by atoms with Crippen LogP contribution in [-0.2, 0) is 14.4 Å². The number of carboxylic acids is 1. The zero-order chi connectivity index (χ0) is 19.2. The zero-order valence-corrected chi connectivity index (χ0v) is 15.0. The Balaban J connectivity index is 1.46. The lowest BCUT2D eigenvalue weighted by atomic mass is 10.1. The Bertz CT molecular complexity index is 838. The van der Waals surface area contributed by atoms with Crippen molar-refractivity contribution in [2.45, 2.75) is 12.8 Å². The van der Waals surface area contributed by atoms with Gasteiger partial charge in [0, 0.05) is 31.6 Å². The summed E-state index contributed by atoms with van der Waals surface area (Å²) >= 11 is 0. The molecule has 2 aromatic rings. The molecule has 1 aliphatic rings. The summed E-state index contributed by atoms with van der Waals surface area (Å²) in [7, 11) is 0. The first-order valence-electron chi connectivity index (χ1n) is 8.92. The monoisotopic (exact) mass is 370 g/mol. The number of carboxylic acid groups (broad SMARTS) is 1. The number of nitrogens with zero attached hydrogens (tertiary/aromatic N) is 2. The predicted molar refractivity (Wildman–Crippen MR) is 99.5 cm³/mol. The highest BCUT2D eigenvalue weighted by Gasteiger charge is 2.25. The van der Waals surface area contributed by atoms with E-state index >= 15 is 0 Å². The number of hydrogen-bond acceptors (Lipinski definition) is 4. The van der Waals surface area contributed by atoms with E-state index in [1.54, 1.807) is 4.90 Å². The Morgan fingerprint density at radius 1 is 0.889 bits per heavy atom. The van der Waals surface area contributed by atoms with Crippen LogP contribution in [-0.4, -0.2) is 65.5 Å². The Hall–Kier alpha value is -3.09. The van der Waals surface area contributed by atoms with Gasteiger partial charge in [0.25, 0.3) is 0 Å². The van der Waals surface area contributed by atoms with Crippen molar-refractivity contribution in [3.63, 3.8) is 0 Å². The van der Waals surface area contributed by atoms with Crippen molar-refractivity contribution >= 4 is 28.6 Å². The minimum Gasteiger partial charge on any atom is -0.492 e. The minimum atomic E-state index is -1.14. The molecule has 1 N–H and O–H groups in total. The molecule has 3 rings (SSSR count). The average molecular weight is 370 g/mol. The quantitative estimate of drug-likeness (QED) is 0.783. The lowest BCUT2D eigenvalue weighted by Crippen LogP contribution is -2.51. The normalized spacial score (nSPS) is 14.2. The smallest absolute Gasteiger partial charge is 0.312 e. The molecule has 2 amide bonds. The van der Waals surface area contributed by atoms with Gasteiger partial charge in [-0.1, -0.05) is 36.4 Å². The van der Waals surface area contributed by atoms with Crippen molar-refractivity contribution in [2.24, 2.45) is 0 Å². The van der Waals surface area contributed by atoms with Crippen LogP contribution in [0.5, 0.6) is 5.75 Å². The van der Waals surface area contributed by atoms with Crippen LogP contribution in [0, 0.1) is 0 Å². The summed E-state index contributed by atoms with van der Waals surface area (Å²) in [5, 5.41) is 10.8. The van der Waals surface area contributed by atoms with Crippen LogP contribution in [0.15, 0.2) is 42.5 Å². The molecule has 0 aliphatic carbocycles. The van der Waals surface area contributed by atoms with Crippen LogP contribution >= 0.6 is 0 Å². The second-order valence-corrected chi connectivity index (χ2v) is 6.41. The summed E-state index contributed by atoms with van der Waals surface area (Å²) < 4.78 is 5.81. The second-order valence-electron chi connectivity index (χ2n) is 6.41. The molecule has 1 fully saturated rings. The van der Waals surface area contributed by atoms with Crippen LogP contribution in [0.1, 0.15) is 12.8 Å². The number of rotatable bonds is 6. The minimum absolute atomic E-state index is 0.0272. The van der Waals surface area contributed by atoms with Gasteiger partial charge in [-0.2, -0.15) is 0 Å². The van der Waals surface area contributed by atoms with E-state index in [0.717, 1.165) is 16.5 Å². The van der Waals surface area contributed by atoms with Gasteiger partial charge in [-0.3, -0.25) is 14.4 Å². The van der Waals surface area contributed by atoms with Gasteiger partial charge in [-0.05, 0) is 11.5 Å². The molecule has 27 heavy (non-hydrogen) atoms. The maximum atomic E-state index is 12.4. The summed E-state index contributed by atoms with van der Waals surface area (Å²) in [4.78, 5) is 37.9. The third-order valence-corrected chi connectivity index (χ3v) is 4.61. The highest BCUT2D eigenvalue weighted by atomic mass is 16.5. The molecule has 0 aromatic heterocycles. The molecule has 142 valence electrons. The van der Waals surface area contributed by atoms with Gasteiger partial charge in [0.15, 0.2) is 0 Å². The van der Waals surface area contributed by atoms with Crippen molar-refractivity contribution in [1.82, 2.24) is 9.80 Å². The fourth-order valence-corrected chi connectivity index (χ4v) is 3.17. The van der Waals surface area contributed by atoms with Crippen molar-refractivity contribution < 1.29 is 24.2 Å². The lowest BCUT2D eigenvalue weighted by molar-refractivity contribution is -0.147. The van der Waals surface area contributed by atoms with E-state index in [2.05, 4.69) is 0 Å². The molecule has 0 atom stereocenters. The number of hydrogen-bond donors (Lipinski definition) is 1. The molecule has 0 spiro atoms. The van der Waals surface area contributed by atoms with Gasteiger partial charge < -0.3 is 19.6 Å². The van der Waals surface area contributed by atoms with E-state index < -0.39 is 18.3 Å². The van der Waals surface area contributed by atoms with Gasteiger partial charge in [0.2, 0.25) is 11.8 Å². The molecule has 0 radical (unpaired) electrons. The number of ether oxygens (including phenoxy) is 1. The van der Waals surface area contributed by atoms with Gasteiger partial charge >= 0.3 is 5.97 Å². The van der Waals surface area contributed by atoms with Gasteiger partial charge in [0.1, 0.15) is 12.2 Å². The number of carbonyl (C=O) groups is 3. The lowest BCUT2D eigenvalue weighted by Gasteiger charge is -2.34. The van der Waals surface area contributed by atoms with E-state index in [1.165, 1.54) is 4.90 Å². The molecule has 1 saturated heterocycles. The maximum absolute atomic E-state index is 12.4. The van der Waals surface area contributed by atoms with Crippen molar-refractivity contribution in [3.8, 4) is 5.75 Å². The van der Waals surface area contributed by atoms with Crippen LogP contribution in [0.2, 0.25) is 0 Å². The summed E-state index contributed by atoms with van der Waals surface area (Å²) in [6.45, 7) is 1.84. The third kappa shape index (κ3) is 4.75. The second kappa shape index (κ2) is 8.53. The molecule has 1 heterocycles. The molecule has 0 bridgehead atoms. The van der Waals surface area contributed by atoms with E-state index in [4.69, 9.17) is 9.84 Å². The number of fused-ring (bicyclic) bond motifs is 1. The molecule has 7 nitrogen and oxygen atoms in total. The molecular weight excluding hydrogens is 348 g/mol. The van der Waals surface area contributed by atoms with E-state index in [-0.39, 0.29) is 18.9 Å². The molecule has 1 aliphatic heterocycles. The highest BCUT2D eigenvalue weighted by Crippen LogP contribution is 2.25. The SMILES string of the molecule is O=C(O)CC(=O)N1CCN(C(=O)CCOc2cccc3ccccc23)CC1. The Labute approximate surface area is 157 Å². The van der Waals surface area contributed by atoms with Crippen LogP contribution in [0.25, 0.3) is 10.8 Å². The first-order valence-corrected chi connectivity index (χ1v) is 8.92. The number of carbonyl (C=O) groups excluding carboxylic acids is 2. The highest BCUT2D eigenvalue weighted by molar-refractivity contribution is 5.93. The Morgan fingerprint density at radius 3 is 2.22 bits per heavy atom. The topological polar surface area (TPSA) is 87.2 Å². The van der Waals surface area contributed by atoms with E-state index in [9.17, 15) is 14.4 Å². The molecule has 0 unspecified atom stereocenters.